The smallest absolute Gasteiger partial charge is 0.211 e. The highest BCUT2D eigenvalue weighted by atomic mass is 19.3. The van der Waals surface area contributed by atoms with Gasteiger partial charge in [0.15, 0.2) is 0 Å². The molecule has 0 heterocycles. The van der Waals surface area contributed by atoms with Gasteiger partial charge in [-0.3, -0.25) is 0 Å². The van der Waals surface area contributed by atoms with E-state index in [1.54, 1.807) is 0 Å². The van der Waals surface area contributed by atoms with Gasteiger partial charge >= 0.3 is 0 Å². The number of hydrogen-bond donors (Lipinski definition) is 0. The highest BCUT2D eigenvalue weighted by Crippen LogP contribution is 2.28. The lowest BCUT2D eigenvalue weighted by Gasteiger charge is -2.20. The Bertz CT molecular complexity index is 426. The van der Waals surface area contributed by atoms with Crippen molar-refractivity contribution in [2.45, 2.75) is 219 Å². The second-order valence-corrected chi connectivity index (χ2v) is 12.9. The Kier molecular flexibility index (Phi) is 31.4. The van der Waals surface area contributed by atoms with Crippen molar-refractivity contribution in [2.24, 2.45) is 11.8 Å². The van der Waals surface area contributed by atoms with Gasteiger partial charge < -0.3 is 0 Å². The molecule has 0 nitrogen and oxygen atoms in total. The standard InChI is InChI=1S/C36H70F4/c1-3-5-7-9-11-13-17-25-33(27-19-15-21-31-35(37)38)29-23-24-30-34(28-20-16-22-32-36(39)40)26-18-14-12-10-8-6-4-2/h33-36H,3-32H2,1-2H3. The summed E-state index contributed by atoms with van der Waals surface area (Å²) in [7, 11) is 0. The molecule has 242 valence electrons. The second-order valence-electron chi connectivity index (χ2n) is 12.9. The summed E-state index contributed by atoms with van der Waals surface area (Å²) >= 11 is 0. The third kappa shape index (κ3) is 30.7. The molecule has 0 amide bonds. The summed E-state index contributed by atoms with van der Waals surface area (Å²) in [6, 6.07) is 0. The molecule has 0 radical (unpaired) electrons. The molecule has 0 aliphatic rings. The van der Waals surface area contributed by atoms with Gasteiger partial charge in [0.25, 0.3) is 0 Å². The lowest BCUT2D eigenvalue weighted by molar-refractivity contribution is 0.133. The van der Waals surface area contributed by atoms with Crippen LogP contribution in [0.15, 0.2) is 0 Å². The molecule has 0 bridgehead atoms. The van der Waals surface area contributed by atoms with Gasteiger partial charge in [0.05, 0.1) is 0 Å². The third-order valence-corrected chi connectivity index (χ3v) is 8.98. The van der Waals surface area contributed by atoms with Crippen LogP contribution in [0.3, 0.4) is 0 Å². The molecule has 2 unspecified atom stereocenters. The summed E-state index contributed by atoms with van der Waals surface area (Å²) < 4.78 is 49.9. The summed E-state index contributed by atoms with van der Waals surface area (Å²) in [6.45, 7) is 4.53. The van der Waals surface area contributed by atoms with Crippen LogP contribution in [0.4, 0.5) is 17.6 Å². The second kappa shape index (κ2) is 31.7. The van der Waals surface area contributed by atoms with Crippen LogP contribution in [0.5, 0.6) is 0 Å². The summed E-state index contributed by atoms with van der Waals surface area (Å²) in [5.74, 6) is 1.52. The Morgan fingerprint density at radius 2 is 0.475 bits per heavy atom. The molecule has 0 saturated heterocycles. The van der Waals surface area contributed by atoms with Crippen LogP contribution < -0.4 is 0 Å². The zero-order valence-electron chi connectivity index (χ0n) is 27.0. The van der Waals surface area contributed by atoms with E-state index in [4.69, 9.17) is 0 Å². The summed E-state index contributed by atoms with van der Waals surface area (Å²) in [5, 5.41) is 0. The van der Waals surface area contributed by atoms with Crippen LogP contribution in [0, 0.1) is 11.8 Å². The van der Waals surface area contributed by atoms with E-state index >= 15 is 0 Å². The van der Waals surface area contributed by atoms with Gasteiger partial charge in [-0.05, 0) is 24.7 Å². The third-order valence-electron chi connectivity index (χ3n) is 8.98. The van der Waals surface area contributed by atoms with Gasteiger partial charge in [-0.1, -0.05) is 181 Å². The fourth-order valence-corrected chi connectivity index (χ4v) is 6.33. The minimum atomic E-state index is -2.15. The lowest BCUT2D eigenvalue weighted by atomic mass is 9.87. The zero-order chi connectivity index (χ0) is 29.5. The molecule has 0 rings (SSSR count). The van der Waals surface area contributed by atoms with Gasteiger partial charge in [0.2, 0.25) is 12.9 Å². The van der Waals surface area contributed by atoms with E-state index in [-0.39, 0.29) is 12.8 Å². The molecule has 0 saturated carbocycles. The van der Waals surface area contributed by atoms with Crippen molar-refractivity contribution in [2.75, 3.05) is 0 Å². The van der Waals surface area contributed by atoms with E-state index in [1.807, 2.05) is 0 Å². The van der Waals surface area contributed by atoms with Gasteiger partial charge in [0, 0.05) is 12.8 Å². The highest BCUT2D eigenvalue weighted by Gasteiger charge is 2.13. The van der Waals surface area contributed by atoms with Crippen molar-refractivity contribution in [1.29, 1.82) is 0 Å². The average Bonchev–Trinajstić information content (AvgIpc) is 2.92. The number of alkyl halides is 4. The number of rotatable bonds is 33. The van der Waals surface area contributed by atoms with Crippen LogP contribution in [0.1, 0.15) is 206 Å². The van der Waals surface area contributed by atoms with Gasteiger partial charge in [-0.15, -0.1) is 0 Å². The molecule has 0 aromatic heterocycles. The molecule has 0 aliphatic carbocycles. The first-order chi connectivity index (χ1) is 19.5. The first-order valence-electron chi connectivity index (χ1n) is 18.1. The molecule has 0 fully saturated rings. The fourth-order valence-electron chi connectivity index (χ4n) is 6.33. The molecular weight excluding hydrogens is 508 g/mol. The molecule has 0 aromatic carbocycles. The van der Waals surface area contributed by atoms with Gasteiger partial charge in [-0.25, -0.2) is 17.6 Å². The minimum Gasteiger partial charge on any atom is -0.211 e. The van der Waals surface area contributed by atoms with E-state index in [0.29, 0.717) is 12.8 Å². The van der Waals surface area contributed by atoms with Crippen molar-refractivity contribution >= 4 is 0 Å². The van der Waals surface area contributed by atoms with Crippen LogP contribution in [-0.4, -0.2) is 12.9 Å². The van der Waals surface area contributed by atoms with Crippen molar-refractivity contribution in [3.05, 3.63) is 0 Å². The first-order valence-corrected chi connectivity index (χ1v) is 18.1. The SMILES string of the molecule is CCCCCCCCCC(CCCCCC(F)F)CCCCC(CCCCCCCCC)CCCCCC(F)F. The quantitative estimate of drug-likeness (QED) is 0.0536. The minimum absolute atomic E-state index is 0.0602. The predicted octanol–water partition coefficient (Wildman–Crippen LogP) is 14.5. The Morgan fingerprint density at radius 3 is 0.750 bits per heavy atom. The maximum absolute atomic E-state index is 12.5. The van der Waals surface area contributed by atoms with Crippen LogP contribution in [0.25, 0.3) is 0 Å². The Morgan fingerprint density at radius 1 is 0.275 bits per heavy atom. The summed E-state index contributed by atoms with van der Waals surface area (Å²) in [4.78, 5) is 0. The van der Waals surface area contributed by atoms with Gasteiger partial charge in [-0.2, -0.15) is 0 Å². The number of unbranched alkanes of at least 4 members (excludes halogenated alkanes) is 17. The topological polar surface area (TPSA) is 0 Å². The van der Waals surface area contributed by atoms with Gasteiger partial charge in [0.1, 0.15) is 0 Å². The van der Waals surface area contributed by atoms with Crippen LogP contribution >= 0.6 is 0 Å². The number of hydrogen-bond acceptors (Lipinski definition) is 0. The van der Waals surface area contributed by atoms with Crippen molar-refractivity contribution in [3.63, 3.8) is 0 Å². The summed E-state index contributed by atoms with van der Waals surface area (Å²) in [6.07, 6.45) is 30.3. The number of halogens is 4. The maximum atomic E-state index is 12.5. The normalized spacial score (nSPS) is 13.5. The maximum Gasteiger partial charge on any atom is 0.238 e. The van der Waals surface area contributed by atoms with E-state index in [9.17, 15) is 17.6 Å². The molecule has 2 atom stereocenters. The van der Waals surface area contributed by atoms with Crippen LogP contribution in [-0.2, 0) is 0 Å². The van der Waals surface area contributed by atoms with Crippen molar-refractivity contribution < 1.29 is 17.6 Å². The predicted molar refractivity (Wildman–Crippen MR) is 169 cm³/mol. The molecule has 0 aliphatic heterocycles. The Balaban J connectivity index is 4.43. The monoisotopic (exact) mass is 579 g/mol. The molecule has 4 heteroatoms. The van der Waals surface area contributed by atoms with Crippen molar-refractivity contribution in [3.8, 4) is 0 Å². The largest absolute Gasteiger partial charge is 0.238 e. The van der Waals surface area contributed by atoms with E-state index in [1.165, 1.54) is 141 Å². The highest BCUT2D eigenvalue weighted by molar-refractivity contribution is 4.65. The Labute approximate surface area is 248 Å². The lowest BCUT2D eigenvalue weighted by Crippen LogP contribution is -2.04. The molecule has 0 N–H and O–H groups in total. The Hall–Kier alpha value is -0.280. The molecular formula is C36H70F4. The fraction of sp³-hybridized carbons (Fsp3) is 1.00. The van der Waals surface area contributed by atoms with E-state index in [0.717, 1.165) is 37.5 Å². The van der Waals surface area contributed by atoms with Crippen molar-refractivity contribution in [1.82, 2.24) is 0 Å². The summed E-state index contributed by atoms with van der Waals surface area (Å²) in [5.41, 5.74) is 0. The van der Waals surface area contributed by atoms with Crippen LogP contribution in [0.2, 0.25) is 0 Å². The molecule has 40 heavy (non-hydrogen) atoms. The van der Waals surface area contributed by atoms with E-state index in [2.05, 4.69) is 13.8 Å². The van der Waals surface area contributed by atoms with E-state index < -0.39 is 12.9 Å². The molecule has 0 spiro atoms. The first kappa shape index (κ1) is 39.7. The average molecular weight is 579 g/mol. The zero-order valence-corrected chi connectivity index (χ0v) is 27.0. The molecule has 0 aromatic rings.